The van der Waals surface area contributed by atoms with Crippen LogP contribution in [0.2, 0.25) is 0 Å². The molecule has 0 aliphatic carbocycles. The zero-order chi connectivity index (χ0) is 22.2. The van der Waals surface area contributed by atoms with Gasteiger partial charge in [-0.15, -0.1) is 0 Å². The van der Waals surface area contributed by atoms with E-state index in [1.54, 1.807) is 7.11 Å². The van der Waals surface area contributed by atoms with Crippen molar-refractivity contribution in [2.45, 2.75) is 78.3 Å². The minimum absolute atomic E-state index is 0.0773. The third-order valence-electron chi connectivity index (χ3n) is 6.33. The second kappa shape index (κ2) is 8.66. The van der Waals surface area contributed by atoms with Gasteiger partial charge in [0.05, 0.1) is 12.0 Å². The minimum atomic E-state index is -0.207. The van der Waals surface area contributed by atoms with Crippen molar-refractivity contribution < 1.29 is 14.3 Å². The first-order chi connectivity index (χ1) is 14.1. The van der Waals surface area contributed by atoms with Gasteiger partial charge < -0.3 is 9.64 Å². The van der Waals surface area contributed by atoms with Crippen LogP contribution in [0.4, 0.5) is 10.5 Å². The summed E-state index contributed by atoms with van der Waals surface area (Å²) in [5, 5.41) is -0.193. The van der Waals surface area contributed by atoms with Crippen molar-refractivity contribution in [2.75, 3.05) is 18.6 Å². The molecule has 5 nitrogen and oxygen atoms in total. The second-order valence-corrected chi connectivity index (χ2v) is 10.0. The van der Waals surface area contributed by atoms with Crippen molar-refractivity contribution in [1.29, 1.82) is 0 Å². The standard InChI is InChI=1S/C24H34N2O3S/c1-8-10-25-19-13-20(29-7)17(11-18(19)15(3)14-24(25,5)6)12-21-22(27)26(16(4)9-2)23(28)30-21/h11-13,15-16H,8-10,14H2,1-7H3/b21-12-. The van der Waals surface area contributed by atoms with Crippen LogP contribution in [0, 0.1) is 0 Å². The van der Waals surface area contributed by atoms with E-state index in [1.807, 2.05) is 19.9 Å². The molecule has 1 aromatic carbocycles. The van der Waals surface area contributed by atoms with Gasteiger partial charge in [0, 0.05) is 35.4 Å². The molecular weight excluding hydrogens is 396 g/mol. The van der Waals surface area contributed by atoms with Gasteiger partial charge in [0.1, 0.15) is 5.75 Å². The number of carbonyl (C=O) groups excluding carboxylic acids is 2. The average molecular weight is 431 g/mol. The van der Waals surface area contributed by atoms with Crippen LogP contribution < -0.4 is 9.64 Å². The van der Waals surface area contributed by atoms with Crippen molar-refractivity contribution in [3.63, 3.8) is 0 Å². The molecule has 2 heterocycles. The zero-order valence-corrected chi connectivity index (χ0v) is 20.1. The molecule has 0 aromatic heterocycles. The zero-order valence-electron chi connectivity index (χ0n) is 19.2. The summed E-state index contributed by atoms with van der Waals surface area (Å²) >= 11 is 1.02. The molecule has 2 unspecified atom stereocenters. The first-order valence-electron chi connectivity index (χ1n) is 10.9. The molecule has 3 rings (SSSR count). The van der Waals surface area contributed by atoms with Gasteiger partial charge in [-0.05, 0) is 75.4 Å². The van der Waals surface area contributed by atoms with Crippen molar-refractivity contribution in [3.05, 3.63) is 28.2 Å². The molecule has 0 spiro atoms. The van der Waals surface area contributed by atoms with E-state index in [-0.39, 0.29) is 22.7 Å². The Morgan fingerprint density at radius 3 is 2.60 bits per heavy atom. The van der Waals surface area contributed by atoms with Crippen molar-refractivity contribution in [3.8, 4) is 5.75 Å². The van der Waals surface area contributed by atoms with Gasteiger partial charge in [0.15, 0.2) is 0 Å². The van der Waals surface area contributed by atoms with E-state index in [0.29, 0.717) is 10.8 Å². The molecule has 1 aromatic rings. The number of fused-ring (bicyclic) bond motifs is 1. The SMILES string of the molecule is CCCN1c2cc(OC)c(/C=C3\SC(=O)N(C(C)CC)C3=O)cc2C(C)CC1(C)C. The third-order valence-corrected chi connectivity index (χ3v) is 7.21. The number of carbonyl (C=O) groups is 2. The fraction of sp³-hybridized carbons (Fsp3) is 0.583. The summed E-state index contributed by atoms with van der Waals surface area (Å²) in [6.07, 6.45) is 4.71. The Hall–Kier alpha value is -1.95. The van der Waals surface area contributed by atoms with Gasteiger partial charge in [0.2, 0.25) is 0 Å². The molecule has 30 heavy (non-hydrogen) atoms. The number of thioether (sulfide) groups is 1. The number of methoxy groups -OCH3 is 1. The third kappa shape index (κ3) is 3.98. The van der Waals surface area contributed by atoms with Gasteiger partial charge in [-0.25, -0.2) is 0 Å². The Labute approximate surface area is 184 Å². The maximum atomic E-state index is 12.9. The van der Waals surface area contributed by atoms with E-state index < -0.39 is 0 Å². The van der Waals surface area contributed by atoms with Gasteiger partial charge in [0.25, 0.3) is 11.1 Å². The van der Waals surface area contributed by atoms with Gasteiger partial charge in [-0.1, -0.05) is 20.8 Å². The predicted molar refractivity (Wildman–Crippen MR) is 125 cm³/mol. The van der Waals surface area contributed by atoms with Crippen LogP contribution in [0.15, 0.2) is 17.0 Å². The number of benzene rings is 1. The molecule has 0 saturated carbocycles. The number of hydrogen-bond acceptors (Lipinski definition) is 5. The molecule has 2 aliphatic heterocycles. The molecule has 6 heteroatoms. The van der Waals surface area contributed by atoms with Gasteiger partial charge in [-0.2, -0.15) is 0 Å². The highest BCUT2D eigenvalue weighted by molar-refractivity contribution is 8.18. The summed E-state index contributed by atoms with van der Waals surface area (Å²) in [7, 11) is 1.66. The Morgan fingerprint density at radius 2 is 2.00 bits per heavy atom. The molecule has 2 atom stereocenters. The molecular formula is C24H34N2O3S. The predicted octanol–water partition coefficient (Wildman–Crippen LogP) is 6.03. The van der Waals surface area contributed by atoms with E-state index >= 15 is 0 Å². The van der Waals surface area contributed by atoms with Crippen LogP contribution in [0.1, 0.15) is 77.8 Å². The van der Waals surface area contributed by atoms with Crippen LogP contribution in [0.5, 0.6) is 5.75 Å². The number of rotatable bonds is 6. The topological polar surface area (TPSA) is 49.9 Å². The maximum absolute atomic E-state index is 12.9. The highest BCUT2D eigenvalue weighted by atomic mass is 32.2. The Bertz CT molecular complexity index is 877. The van der Waals surface area contributed by atoms with Crippen molar-refractivity contribution in [1.82, 2.24) is 4.90 Å². The number of hydrogen-bond donors (Lipinski definition) is 0. The summed E-state index contributed by atoms with van der Waals surface area (Å²) in [4.78, 5) is 29.6. The fourth-order valence-electron chi connectivity index (χ4n) is 4.65. The highest BCUT2D eigenvalue weighted by Crippen LogP contribution is 2.46. The Morgan fingerprint density at radius 1 is 1.30 bits per heavy atom. The molecule has 1 fully saturated rings. The summed E-state index contributed by atoms with van der Waals surface area (Å²) in [6, 6.07) is 4.15. The Balaban J connectivity index is 2.06. The lowest BCUT2D eigenvalue weighted by Crippen LogP contribution is -2.48. The molecule has 0 bridgehead atoms. The molecule has 0 radical (unpaired) electrons. The largest absolute Gasteiger partial charge is 0.496 e. The summed E-state index contributed by atoms with van der Waals surface area (Å²) < 4.78 is 5.72. The first kappa shape index (κ1) is 22.7. The number of anilines is 1. The second-order valence-electron chi connectivity index (χ2n) is 9.03. The first-order valence-corrected chi connectivity index (χ1v) is 11.7. The van der Waals surface area contributed by atoms with Crippen LogP contribution in [0.25, 0.3) is 6.08 Å². The molecule has 0 N–H and O–H groups in total. The lowest BCUT2D eigenvalue weighted by molar-refractivity contribution is -0.124. The van der Waals surface area contributed by atoms with Crippen LogP contribution in [0.3, 0.4) is 0 Å². The number of ether oxygens (including phenoxy) is 1. The number of amides is 2. The lowest BCUT2D eigenvalue weighted by atomic mass is 9.79. The van der Waals surface area contributed by atoms with Crippen LogP contribution >= 0.6 is 11.8 Å². The molecule has 1 saturated heterocycles. The van der Waals surface area contributed by atoms with E-state index in [1.165, 1.54) is 16.2 Å². The summed E-state index contributed by atoms with van der Waals surface area (Å²) in [5.74, 6) is 0.923. The quantitative estimate of drug-likeness (QED) is 0.516. The molecule has 2 aliphatic rings. The van der Waals surface area contributed by atoms with Crippen LogP contribution in [-0.4, -0.2) is 41.3 Å². The van der Waals surface area contributed by atoms with Gasteiger partial charge in [-0.3, -0.25) is 14.5 Å². The van der Waals surface area contributed by atoms with Crippen molar-refractivity contribution in [2.24, 2.45) is 0 Å². The lowest BCUT2D eigenvalue weighted by Gasteiger charge is -2.47. The summed E-state index contributed by atoms with van der Waals surface area (Å²) in [6.45, 7) is 13.9. The minimum Gasteiger partial charge on any atom is -0.496 e. The number of imide groups is 1. The Kier molecular flexibility index (Phi) is 6.56. The molecule has 2 amide bonds. The average Bonchev–Trinajstić information content (AvgIpc) is 2.97. The normalized spacial score (nSPS) is 23.2. The van der Waals surface area contributed by atoms with E-state index in [2.05, 4.69) is 44.7 Å². The summed E-state index contributed by atoms with van der Waals surface area (Å²) in [5.41, 5.74) is 3.42. The van der Waals surface area contributed by atoms with Crippen LogP contribution in [-0.2, 0) is 4.79 Å². The maximum Gasteiger partial charge on any atom is 0.293 e. The van der Waals surface area contributed by atoms with E-state index in [0.717, 1.165) is 48.9 Å². The van der Waals surface area contributed by atoms with Crippen molar-refractivity contribution >= 4 is 34.7 Å². The fourth-order valence-corrected chi connectivity index (χ4v) is 5.57. The molecule has 164 valence electrons. The number of nitrogens with zero attached hydrogens (tertiary/aromatic N) is 2. The van der Waals surface area contributed by atoms with E-state index in [9.17, 15) is 9.59 Å². The van der Waals surface area contributed by atoms with E-state index in [4.69, 9.17) is 4.74 Å². The van der Waals surface area contributed by atoms with Gasteiger partial charge >= 0.3 is 0 Å². The smallest absolute Gasteiger partial charge is 0.293 e. The monoisotopic (exact) mass is 430 g/mol. The highest BCUT2D eigenvalue weighted by Gasteiger charge is 2.39.